The molecule has 1 saturated carbocycles. The Balaban J connectivity index is 2.23. The summed E-state index contributed by atoms with van der Waals surface area (Å²) in [6, 6.07) is 1.93. The van der Waals surface area contributed by atoms with Gasteiger partial charge in [0.1, 0.15) is 0 Å². The Hall–Kier alpha value is -1.65. The van der Waals surface area contributed by atoms with Crippen LogP contribution in [-0.2, 0) is 0 Å². The molecule has 0 unspecified atom stereocenters. The van der Waals surface area contributed by atoms with Crippen molar-refractivity contribution in [3.63, 3.8) is 0 Å². The minimum Gasteiger partial charge on any atom is -0.477 e. The molecule has 1 aliphatic carbocycles. The number of aryl methyl sites for hydroxylation is 1. The van der Waals surface area contributed by atoms with E-state index in [1.54, 1.807) is 6.92 Å². The van der Waals surface area contributed by atoms with E-state index in [-0.39, 0.29) is 5.69 Å². The van der Waals surface area contributed by atoms with Gasteiger partial charge in [0.05, 0.1) is 0 Å². The lowest BCUT2D eigenvalue weighted by Crippen LogP contribution is -2.35. The van der Waals surface area contributed by atoms with Crippen molar-refractivity contribution in [3.8, 4) is 0 Å². The molecule has 1 fully saturated rings. The van der Waals surface area contributed by atoms with Crippen LogP contribution >= 0.6 is 0 Å². The van der Waals surface area contributed by atoms with Crippen LogP contribution in [0.15, 0.2) is 6.07 Å². The first-order valence-corrected chi connectivity index (χ1v) is 6.40. The van der Waals surface area contributed by atoms with Gasteiger partial charge in [-0.05, 0) is 25.8 Å². The molecule has 0 bridgehead atoms. The van der Waals surface area contributed by atoms with Crippen molar-refractivity contribution in [1.82, 2.24) is 9.97 Å². The van der Waals surface area contributed by atoms with Gasteiger partial charge in [0.25, 0.3) is 0 Å². The van der Waals surface area contributed by atoms with E-state index in [0.29, 0.717) is 17.7 Å². The van der Waals surface area contributed by atoms with E-state index in [9.17, 15) is 4.79 Å². The van der Waals surface area contributed by atoms with E-state index in [4.69, 9.17) is 5.11 Å². The van der Waals surface area contributed by atoms with Crippen LogP contribution in [0.4, 0.5) is 5.95 Å². The van der Waals surface area contributed by atoms with Gasteiger partial charge in [-0.2, -0.15) is 0 Å². The second-order valence-corrected chi connectivity index (χ2v) is 4.90. The molecule has 5 nitrogen and oxygen atoms in total. The van der Waals surface area contributed by atoms with E-state index < -0.39 is 5.97 Å². The number of rotatable bonds is 3. The first kappa shape index (κ1) is 12.8. The maximum absolute atomic E-state index is 11.0. The summed E-state index contributed by atoms with van der Waals surface area (Å²) < 4.78 is 0. The summed E-state index contributed by atoms with van der Waals surface area (Å²) in [4.78, 5) is 21.5. The second kappa shape index (κ2) is 5.33. The zero-order valence-corrected chi connectivity index (χ0v) is 10.9. The van der Waals surface area contributed by atoms with Crippen molar-refractivity contribution < 1.29 is 9.90 Å². The van der Waals surface area contributed by atoms with Gasteiger partial charge in [0.15, 0.2) is 5.69 Å². The van der Waals surface area contributed by atoms with E-state index in [2.05, 4.69) is 9.97 Å². The number of anilines is 1. The van der Waals surface area contributed by atoms with Gasteiger partial charge in [0.2, 0.25) is 5.95 Å². The zero-order valence-electron chi connectivity index (χ0n) is 10.9. The molecule has 98 valence electrons. The largest absolute Gasteiger partial charge is 0.477 e. The van der Waals surface area contributed by atoms with Crippen molar-refractivity contribution in [3.05, 3.63) is 17.5 Å². The molecule has 1 aromatic rings. The van der Waals surface area contributed by atoms with Crippen LogP contribution in [0.2, 0.25) is 0 Å². The fourth-order valence-electron chi connectivity index (χ4n) is 2.45. The fraction of sp³-hybridized carbons (Fsp3) is 0.615. The third-order valence-corrected chi connectivity index (χ3v) is 3.50. The van der Waals surface area contributed by atoms with Gasteiger partial charge in [-0.1, -0.05) is 19.3 Å². The molecule has 0 aromatic carbocycles. The van der Waals surface area contributed by atoms with E-state index in [1.807, 2.05) is 11.9 Å². The topological polar surface area (TPSA) is 66.3 Å². The highest BCUT2D eigenvalue weighted by molar-refractivity contribution is 5.85. The van der Waals surface area contributed by atoms with Crippen molar-refractivity contribution in [2.45, 2.75) is 45.1 Å². The molecule has 0 saturated heterocycles. The third-order valence-electron chi connectivity index (χ3n) is 3.50. The number of aromatic carboxylic acids is 1. The standard InChI is InChI=1S/C13H19N3O2/c1-9-8-11(12(17)18)15-13(14-9)16(2)10-6-4-3-5-7-10/h8,10H,3-7H2,1-2H3,(H,17,18). The average molecular weight is 249 g/mol. The van der Waals surface area contributed by atoms with Gasteiger partial charge in [0, 0.05) is 18.8 Å². The normalized spacial score (nSPS) is 16.6. The van der Waals surface area contributed by atoms with Crippen LogP contribution in [0.5, 0.6) is 0 Å². The van der Waals surface area contributed by atoms with Crippen molar-refractivity contribution >= 4 is 11.9 Å². The summed E-state index contributed by atoms with van der Waals surface area (Å²) in [6.45, 7) is 1.80. The van der Waals surface area contributed by atoms with Gasteiger partial charge in [-0.3, -0.25) is 0 Å². The quantitative estimate of drug-likeness (QED) is 0.890. The van der Waals surface area contributed by atoms with Crippen molar-refractivity contribution in [2.24, 2.45) is 0 Å². The Morgan fingerprint density at radius 3 is 2.61 bits per heavy atom. The number of hydrogen-bond donors (Lipinski definition) is 1. The Morgan fingerprint density at radius 1 is 1.33 bits per heavy atom. The average Bonchev–Trinajstić information content (AvgIpc) is 2.38. The Kier molecular flexibility index (Phi) is 3.79. The van der Waals surface area contributed by atoms with Crippen LogP contribution in [0, 0.1) is 6.92 Å². The Labute approximate surface area is 107 Å². The molecular weight excluding hydrogens is 230 g/mol. The summed E-state index contributed by atoms with van der Waals surface area (Å²) in [5.41, 5.74) is 0.764. The lowest BCUT2D eigenvalue weighted by molar-refractivity contribution is 0.0690. The number of hydrogen-bond acceptors (Lipinski definition) is 4. The molecule has 5 heteroatoms. The molecule has 1 heterocycles. The molecule has 0 aliphatic heterocycles. The zero-order chi connectivity index (χ0) is 13.1. The predicted octanol–water partition coefficient (Wildman–Crippen LogP) is 2.25. The molecule has 0 spiro atoms. The van der Waals surface area contributed by atoms with Gasteiger partial charge in [-0.15, -0.1) is 0 Å². The molecule has 18 heavy (non-hydrogen) atoms. The van der Waals surface area contributed by atoms with Gasteiger partial charge < -0.3 is 10.0 Å². The molecule has 1 N–H and O–H groups in total. The second-order valence-electron chi connectivity index (χ2n) is 4.90. The molecule has 1 aliphatic rings. The minimum absolute atomic E-state index is 0.0696. The number of aromatic nitrogens is 2. The highest BCUT2D eigenvalue weighted by Crippen LogP contribution is 2.24. The van der Waals surface area contributed by atoms with Crippen LogP contribution in [0.1, 0.15) is 48.3 Å². The first-order valence-electron chi connectivity index (χ1n) is 6.40. The minimum atomic E-state index is -1.00. The highest BCUT2D eigenvalue weighted by atomic mass is 16.4. The van der Waals surface area contributed by atoms with Crippen LogP contribution in [-0.4, -0.2) is 34.1 Å². The monoisotopic (exact) mass is 249 g/mol. The summed E-state index contributed by atoms with van der Waals surface area (Å²) in [7, 11) is 1.95. The summed E-state index contributed by atoms with van der Waals surface area (Å²) >= 11 is 0. The lowest BCUT2D eigenvalue weighted by Gasteiger charge is -2.31. The summed E-state index contributed by atoms with van der Waals surface area (Å²) in [6.07, 6.45) is 6.02. The van der Waals surface area contributed by atoms with Crippen molar-refractivity contribution in [2.75, 3.05) is 11.9 Å². The van der Waals surface area contributed by atoms with Crippen LogP contribution in [0.25, 0.3) is 0 Å². The fourth-order valence-corrected chi connectivity index (χ4v) is 2.45. The Bertz CT molecular complexity index is 442. The predicted molar refractivity (Wildman–Crippen MR) is 69.0 cm³/mol. The van der Waals surface area contributed by atoms with Gasteiger partial charge >= 0.3 is 5.97 Å². The number of nitrogens with zero attached hydrogens (tertiary/aromatic N) is 3. The van der Waals surface area contributed by atoms with Crippen LogP contribution in [0.3, 0.4) is 0 Å². The molecule has 0 radical (unpaired) electrons. The molecule has 0 atom stereocenters. The van der Waals surface area contributed by atoms with E-state index in [1.165, 1.54) is 25.3 Å². The smallest absolute Gasteiger partial charge is 0.354 e. The maximum atomic E-state index is 11.0. The first-order chi connectivity index (χ1) is 8.58. The number of carboxylic acids is 1. The summed E-state index contributed by atoms with van der Waals surface area (Å²) in [5.74, 6) is -0.474. The molecule has 2 rings (SSSR count). The SMILES string of the molecule is Cc1cc(C(=O)O)nc(N(C)C2CCCCC2)n1. The molecular formula is C13H19N3O2. The van der Waals surface area contributed by atoms with E-state index in [0.717, 1.165) is 12.8 Å². The lowest BCUT2D eigenvalue weighted by atomic mass is 9.95. The molecule has 0 amide bonds. The third kappa shape index (κ3) is 2.78. The highest BCUT2D eigenvalue weighted by Gasteiger charge is 2.21. The van der Waals surface area contributed by atoms with Gasteiger partial charge in [-0.25, -0.2) is 14.8 Å². The van der Waals surface area contributed by atoms with Crippen molar-refractivity contribution in [1.29, 1.82) is 0 Å². The Morgan fingerprint density at radius 2 is 2.00 bits per heavy atom. The van der Waals surface area contributed by atoms with E-state index >= 15 is 0 Å². The number of carboxylic acid groups (broad SMARTS) is 1. The summed E-state index contributed by atoms with van der Waals surface area (Å²) in [5, 5.41) is 9.02. The number of carbonyl (C=O) groups is 1. The maximum Gasteiger partial charge on any atom is 0.354 e. The van der Waals surface area contributed by atoms with Crippen LogP contribution < -0.4 is 4.90 Å². The molecule has 1 aromatic heterocycles.